The smallest absolute Gasteiger partial charge is 0.347 e. The number of benzene rings is 3. The summed E-state index contributed by atoms with van der Waals surface area (Å²) in [5.41, 5.74) is 3.26. The number of unbranched alkanes of at least 4 members (excludes halogenated alkanes) is 8. The Hall–Kier alpha value is -2.72. The van der Waals surface area contributed by atoms with Gasteiger partial charge in [0, 0.05) is 4.90 Å². The molecule has 0 unspecified atom stereocenters. The number of hydrogen-bond donors (Lipinski definition) is 0. The van der Waals surface area contributed by atoms with Crippen LogP contribution in [0.1, 0.15) is 77.2 Å². The lowest BCUT2D eigenvalue weighted by Gasteiger charge is -2.14. The molecule has 3 rings (SSSR count). The quantitative estimate of drug-likeness (QED) is 0.101. The molecule has 0 aliphatic carbocycles. The van der Waals surface area contributed by atoms with Crippen LogP contribution < -0.4 is 4.74 Å². The van der Waals surface area contributed by atoms with Crippen LogP contribution in [-0.2, 0) is 16.1 Å². The lowest BCUT2D eigenvalue weighted by molar-refractivity contribution is -0.152. The highest BCUT2D eigenvalue weighted by Gasteiger charge is 2.16. The molecule has 0 aliphatic heterocycles. The van der Waals surface area contributed by atoms with Gasteiger partial charge in [-0.15, -0.1) is 11.8 Å². The summed E-state index contributed by atoms with van der Waals surface area (Å²) in [5, 5.41) is 0. The first-order chi connectivity index (χ1) is 18.2. The van der Waals surface area contributed by atoms with Gasteiger partial charge in [-0.05, 0) is 60.1 Å². The fraction of sp³-hybridized carbons (Fsp3) is 0.424. The third-order valence-electron chi connectivity index (χ3n) is 6.43. The van der Waals surface area contributed by atoms with E-state index in [0.717, 1.165) is 11.1 Å². The monoisotopic (exact) mass is 518 g/mol. The van der Waals surface area contributed by atoms with E-state index in [9.17, 15) is 4.79 Å². The Kier molecular flexibility index (Phi) is 13.2. The number of rotatable bonds is 17. The van der Waals surface area contributed by atoms with Crippen LogP contribution >= 0.6 is 11.8 Å². The second kappa shape index (κ2) is 16.9. The Morgan fingerprint density at radius 2 is 1.30 bits per heavy atom. The summed E-state index contributed by atoms with van der Waals surface area (Å²) >= 11 is 1.95. The van der Waals surface area contributed by atoms with Crippen molar-refractivity contribution in [3.8, 4) is 16.9 Å². The summed E-state index contributed by atoms with van der Waals surface area (Å²) in [7, 11) is 0. The van der Waals surface area contributed by atoms with E-state index in [1.165, 1.54) is 74.0 Å². The Morgan fingerprint density at radius 1 is 0.730 bits per heavy atom. The highest BCUT2D eigenvalue weighted by atomic mass is 32.2. The molecule has 1 atom stereocenters. The number of carbonyl (C=O) groups excluding carboxylic acids is 1. The van der Waals surface area contributed by atoms with Gasteiger partial charge in [0.15, 0.2) is 6.10 Å². The van der Waals surface area contributed by atoms with Gasteiger partial charge in [-0.2, -0.15) is 0 Å². The van der Waals surface area contributed by atoms with Crippen molar-refractivity contribution in [2.24, 2.45) is 0 Å². The van der Waals surface area contributed by atoms with E-state index < -0.39 is 6.10 Å². The normalized spacial score (nSPS) is 11.7. The lowest BCUT2D eigenvalue weighted by Crippen LogP contribution is -2.26. The number of carbonyl (C=O) groups is 1. The molecule has 3 nitrogen and oxygen atoms in total. The molecular formula is C33H42O3S. The molecule has 0 spiro atoms. The number of thioether (sulfide) groups is 1. The maximum atomic E-state index is 12.3. The zero-order valence-corrected chi connectivity index (χ0v) is 23.3. The SMILES string of the molecule is CCCCCCCCCCCSc1ccc(-c2ccc(O[C@H](C)C(=O)OCc3ccccc3)cc2)cc1. The summed E-state index contributed by atoms with van der Waals surface area (Å²) in [6.07, 6.45) is 11.7. The van der Waals surface area contributed by atoms with Gasteiger partial charge in [0.25, 0.3) is 0 Å². The van der Waals surface area contributed by atoms with E-state index in [-0.39, 0.29) is 12.6 Å². The van der Waals surface area contributed by atoms with E-state index >= 15 is 0 Å². The Bertz CT molecular complexity index is 1020. The average molecular weight is 519 g/mol. The highest BCUT2D eigenvalue weighted by Crippen LogP contribution is 2.27. The third kappa shape index (κ3) is 11.1. The molecule has 3 aromatic carbocycles. The molecule has 0 saturated heterocycles. The number of esters is 1. The first kappa shape index (κ1) is 28.8. The second-order valence-electron chi connectivity index (χ2n) is 9.58. The van der Waals surface area contributed by atoms with Crippen LogP contribution in [0.3, 0.4) is 0 Å². The molecule has 0 aliphatic rings. The molecule has 0 amide bonds. The van der Waals surface area contributed by atoms with E-state index in [2.05, 4.69) is 31.2 Å². The molecule has 37 heavy (non-hydrogen) atoms. The van der Waals surface area contributed by atoms with Crippen molar-refractivity contribution in [1.82, 2.24) is 0 Å². The van der Waals surface area contributed by atoms with Crippen molar-refractivity contribution < 1.29 is 14.3 Å². The summed E-state index contributed by atoms with van der Waals surface area (Å²) in [5.74, 6) is 1.47. The zero-order valence-electron chi connectivity index (χ0n) is 22.5. The predicted octanol–water partition coefficient (Wildman–Crippen LogP) is 9.49. The minimum absolute atomic E-state index is 0.250. The summed E-state index contributed by atoms with van der Waals surface area (Å²) in [4.78, 5) is 13.6. The summed E-state index contributed by atoms with van der Waals surface area (Å²) in [6.45, 7) is 4.24. The molecule has 0 N–H and O–H groups in total. The van der Waals surface area contributed by atoms with E-state index in [1.807, 2.05) is 66.4 Å². The van der Waals surface area contributed by atoms with Crippen molar-refractivity contribution in [2.45, 2.75) is 89.2 Å². The van der Waals surface area contributed by atoms with Gasteiger partial charge < -0.3 is 9.47 Å². The van der Waals surface area contributed by atoms with Gasteiger partial charge in [-0.3, -0.25) is 0 Å². The molecule has 0 saturated carbocycles. The van der Waals surface area contributed by atoms with Crippen LogP contribution in [0.4, 0.5) is 0 Å². The second-order valence-corrected chi connectivity index (χ2v) is 10.7. The number of ether oxygens (including phenoxy) is 2. The van der Waals surface area contributed by atoms with Gasteiger partial charge >= 0.3 is 5.97 Å². The van der Waals surface area contributed by atoms with E-state index in [0.29, 0.717) is 5.75 Å². The molecular weight excluding hydrogens is 476 g/mol. The van der Waals surface area contributed by atoms with Gasteiger partial charge in [0.1, 0.15) is 12.4 Å². The van der Waals surface area contributed by atoms with Crippen molar-refractivity contribution in [2.75, 3.05) is 5.75 Å². The molecule has 0 bridgehead atoms. The Morgan fingerprint density at radius 3 is 1.92 bits per heavy atom. The predicted molar refractivity (Wildman–Crippen MR) is 156 cm³/mol. The van der Waals surface area contributed by atoms with Crippen LogP contribution in [0, 0.1) is 0 Å². The molecule has 4 heteroatoms. The standard InChI is InChI=1S/C33H42O3S/c1-3-4-5-6-7-8-9-10-14-25-37-32-23-19-30(20-24-32)29-17-21-31(22-18-29)36-27(2)33(34)35-26-28-15-12-11-13-16-28/h11-13,15-24,27H,3-10,14,25-26H2,1-2H3/t27-/m1/s1. The average Bonchev–Trinajstić information content (AvgIpc) is 2.94. The fourth-order valence-corrected chi connectivity index (χ4v) is 5.08. The Balaban J connectivity index is 1.35. The molecule has 0 radical (unpaired) electrons. The van der Waals surface area contributed by atoms with E-state index in [4.69, 9.17) is 9.47 Å². The maximum absolute atomic E-state index is 12.3. The fourth-order valence-electron chi connectivity index (χ4n) is 4.17. The minimum Gasteiger partial charge on any atom is -0.479 e. The molecule has 3 aromatic rings. The first-order valence-corrected chi connectivity index (χ1v) is 14.8. The van der Waals surface area contributed by atoms with Crippen LogP contribution in [0.15, 0.2) is 83.8 Å². The van der Waals surface area contributed by atoms with Crippen molar-refractivity contribution >= 4 is 17.7 Å². The topological polar surface area (TPSA) is 35.5 Å². The molecule has 198 valence electrons. The minimum atomic E-state index is -0.670. The summed E-state index contributed by atoms with van der Waals surface area (Å²) in [6, 6.07) is 26.3. The number of hydrogen-bond acceptors (Lipinski definition) is 4. The van der Waals surface area contributed by atoms with Crippen LogP contribution in [0.5, 0.6) is 5.75 Å². The third-order valence-corrected chi connectivity index (χ3v) is 7.53. The summed E-state index contributed by atoms with van der Waals surface area (Å²) < 4.78 is 11.2. The molecule has 0 aromatic heterocycles. The van der Waals surface area contributed by atoms with Crippen LogP contribution in [0.2, 0.25) is 0 Å². The van der Waals surface area contributed by atoms with Gasteiger partial charge in [0.05, 0.1) is 0 Å². The Labute approximate surface area is 228 Å². The van der Waals surface area contributed by atoms with Crippen LogP contribution in [-0.4, -0.2) is 17.8 Å². The van der Waals surface area contributed by atoms with Gasteiger partial charge in [-0.25, -0.2) is 4.79 Å². The van der Waals surface area contributed by atoms with Gasteiger partial charge in [-0.1, -0.05) is 113 Å². The first-order valence-electron chi connectivity index (χ1n) is 13.9. The zero-order chi connectivity index (χ0) is 26.1. The molecule has 0 fully saturated rings. The van der Waals surface area contributed by atoms with Crippen molar-refractivity contribution in [3.05, 3.63) is 84.4 Å². The van der Waals surface area contributed by atoms with Gasteiger partial charge in [0.2, 0.25) is 0 Å². The van der Waals surface area contributed by atoms with Crippen molar-refractivity contribution in [3.63, 3.8) is 0 Å². The van der Waals surface area contributed by atoms with Crippen molar-refractivity contribution in [1.29, 1.82) is 0 Å². The largest absolute Gasteiger partial charge is 0.479 e. The lowest BCUT2D eigenvalue weighted by atomic mass is 10.1. The molecule has 0 heterocycles. The van der Waals surface area contributed by atoms with E-state index in [1.54, 1.807) is 6.92 Å². The van der Waals surface area contributed by atoms with Crippen LogP contribution in [0.25, 0.3) is 11.1 Å². The highest BCUT2D eigenvalue weighted by molar-refractivity contribution is 7.99. The maximum Gasteiger partial charge on any atom is 0.347 e.